The highest BCUT2D eigenvalue weighted by atomic mass is 32.2. The summed E-state index contributed by atoms with van der Waals surface area (Å²) in [6.45, 7) is 4.73. The summed E-state index contributed by atoms with van der Waals surface area (Å²) in [4.78, 5) is 27.5. The molecule has 0 bridgehead atoms. The molecule has 0 radical (unpaired) electrons. The highest BCUT2D eigenvalue weighted by Crippen LogP contribution is 2.31. The number of aromatic amines is 1. The second-order valence-corrected chi connectivity index (χ2v) is 10.4. The first-order valence-corrected chi connectivity index (χ1v) is 13.0. The molecule has 5 rings (SSSR count). The van der Waals surface area contributed by atoms with Crippen LogP contribution in [0.4, 0.5) is 23.1 Å². The standard InChI is InChI=1S/C27H30N8OS/c1-18-14-24(33-32-18)29-23-16-25(35-12-5-13-35)31-27(30-23)37-22-10-8-21(9-11-22)28-26(36)20-7-4-6-19(15-20)17-34(2)3/h4,6-11,14-16H,5,12-13,17H2,1-3H3,(H,28,36)(H2,29,30,31,32,33). The van der Waals surface area contributed by atoms with Gasteiger partial charge in [0, 0.05) is 53.6 Å². The van der Waals surface area contributed by atoms with Gasteiger partial charge in [0.2, 0.25) is 0 Å². The van der Waals surface area contributed by atoms with Crippen molar-refractivity contribution in [3.05, 3.63) is 77.5 Å². The predicted octanol–water partition coefficient (Wildman–Crippen LogP) is 4.93. The first-order valence-electron chi connectivity index (χ1n) is 12.2. The van der Waals surface area contributed by atoms with E-state index in [2.05, 4.69) is 30.6 Å². The van der Waals surface area contributed by atoms with Crippen LogP contribution in [0.1, 0.15) is 28.0 Å². The van der Waals surface area contributed by atoms with E-state index in [1.54, 1.807) is 0 Å². The Labute approximate surface area is 220 Å². The molecule has 1 saturated heterocycles. The number of aryl methyl sites for hydroxylation is 1. The van der Waals surface area contributed by atoms with Gasteiger partial charge in [0.1, 0.15) is 11.6 Å². The zero-order valence-electron chi connectivity index (χ0n) is 21.2. The number of carbonyl (C=O) groups excluding carboxylic acids is 1. The van der Waals surface area contributed by atoms with Gasteiger partial charge in [-0.15, -0.1) is 0 Å². The Bertz CT molecular complexity index is 1380. The summed E-state index contributed by atoms with van der Waals surface area (Å²) in [7, 11) is 4.02. The molecule has 10 heteroatoms. The van der Waals surface area contributed by atoms with Crippen molar-refractivity contribution in [3.8, 4) is 0 Å². The fraction of sp³-hybridized carbons (Fsp3) is 0.259. The maximum absolute atomic E-state index is 12.8. The van der Waals surface area contributed by atoms with Crippen molar-refractivity contribution in [2.75, 3.05) is 42.7 Å². The maximum Gasteiger partial charge on any atom is 0.255 e. The molecule has 2 aromatic heterocycles. The van der Waals surface area contributed by atoms with E-state index in [4.69, 9.17) is 9.97 Å². The maximum atomic E-state index is 12.8. The summed E-state index contributed by atoms with van der Waals surface area (Å²) in [6, 6.07) is 19.3. The predicted molar refractivity (Wildman–Crippen MR) is 148 cm³/mol. The number of amides is 1. The van der Waals surface area contributed by atoms with Gasteiger partial charge in [-0.1, -0.05) is 12.1 Å². The average molecular weight is 515 g/mol. The second kappa shape index (κ2) is 11.0. The van der Waals surface area contributed by atoms with Gasteiger partial charge in [-0.25, -0.2) is 9.97 Å². The van der Waals surface area contributed by atoms with E-state index in [0.717, 1.165) is 47.3 Å². The van der Waals surface area contributed by atoms with E-state index in [9.17, 15) is 4.79 Å². The highest BCUT2D eigenvalue weighted by Gasteiger charge is 2.18. The number of nitrogens with one attached hydrogen (secondary N) is 3. The molecule has 3 N–H and O–H groups in total. The Balaban J connectivity index is 1.27. The molecular weight excluding hydrogens is 484 g/mol. The van der Waals surface area contributed by atoms with Crippen molar-refractivity contribution >= 4 is 40.8 Å². The lowest BCUT2D eigenvalue weighted by Crippen LogP contribution is -2.37. The van der Waals surface area contributed by atoms with Crippen LogP contribution in [0.2, 0.25) is 0 Å². The topological polar surface area (TPSA) is 102 Å². The second-order valence-electron chi connectivity index (χ2n) is 9.31. The van der Waals surface area contributed by atoms with Crippen LogP contribution in [0, 0.1) is 6.92 Å². The van der Waals surface area contributed by atoms with Crippen LogP contribution in [0.25, 0.3) is 0 Å². The molecule has 1 fully saturated rings. The van der Waals surface area contributed by atoms with Crippen molar-refractivity contribution in [2.24, 2.45) is 0 Å². The van der Waals surface area contributed by atoms with Crippen molar-refractivity contribution in [3.63, 3.8) is 0 Å². The number of nitrogens with zero attached hydrogens (tertiary/aromatic N) is 5. The Morgan fingerprint density at radius 1 is 1.05 bits per heavy atom. The Hall–Kier alpha value is -3.89. The molecule has 0 unspecified atom stereocenters. The van der Waals surface area contributed by atoms with Gasteiger partial charge in [0.05, 0.1) is 0 Å². The first-order chi connectivity index (χ1) is 17.9. The molecule has 0 saturated carbocycles. The molecule has 3 heterocycles. The van der Waals surface area contributed by atoms with Crippen LogP contribution in [-0.4, -0.2) is 58.2 Å². The molecule has 1 amide bonds. The van der Waals surface area contributed by atoms with E-state index in [0.29, 0.717) is 22.4 Å². The molecular formula is C27H30N8OS. The quantitative estimate of drug-likeness (QED) is 0.270. The summed E-state index contributed by atoms with van der Waals surface area (Å²) >= 11 is 1.48. The minimum absolute atomic E-state index is 0.129. The number of hydrogen-bond acceptors (Lipinski definition) is 8. The van der Waals surface area contributed by atoms with Crippen molar-refractivity contribution in [1.82, 2.24) is 25.1 Å². The van der Waals surface area contributed by atoms with Gasteiger partial charge in [0.25, 0.3) is 5.91 Å². The van der Waals surface area contributed by atoms with E-state index < -0.39 is 0 Å². The number of benzene rings is 2. The molecule has 2 aromatic carbocycles. The number of hydrogen-bond donors (Lipinski definition) is 3. The van der Waals surface area contributed by atoms with E-state index in [-0.39, 0.29) is 5.91 Å². The molecule has 1 aliphatic rings. The molecule has 0 aliphatic carbocycles. The lowest BCUT2D eigenvalue weighted by atomic mass is 10.1. The zero-order valence-corrected chi connectivity index (χ0v) is 22.0. The fourth-order valence-corrected chi connectivity index (χ4v) is 4.70. The van der Waals surface area contributed by atoms with Crippen LogP contribution in [0.15, 0.2) is 70.7 Å². The molecule has 9 nitrogen and oxygen atoms in total. The third kappa shape index (κ3) is 6.46. The molecule has 0 spiro atoms. The lowest BCUT2D eigenvalue weighted by Gasteiger charge is -2.32. The fourth-order valence-electron chi connectivity index (χ4n) is 3.93. The SMILES string of the molecule is Cc1cc(Nc2cc(N3CCC3)nc(Sc3ccc(NC(=O)c4cccc(CN(C)C)c4)cc3)n2)n[nH]1. The van der Waals surface area contributed by atoms with E-state index in [1.807, 2.05) is 81.7 Å². The minimum atomic E-state index is -0.129. The molecule has 4 aromatic rings. The van der Waals surface area contributed by atoms with Gasteiger partial charge < -0.3 is 20.4 Å². The molecule has 0 atom stereocenters. The largest absolute Gasteiger partial charge is 0.356 e. The lowest BCUT2D eigenvalue weighted by molar-refractivity contribution is 0.102. The van der Waals surface area contributed by atoms with Gasteiger partial charge >= 0.3 is 0 Å². The van der Waals surface area contributed by atoms with E-state index >= 15 is 0 Å². The Morgan fingerprint density at radius 3 is 2.54 bits per heavy atom. The van der Waals surface area contributed by atoms with Crippen LogP contribution >= 0.6 is 11.8 Å². The van der Waals surface area contributed by atoms with Crippen LogP contribution < -0.4 is 15.5 Å². The molecule has 1 aliphatic heterocycles. The zero-order chi connectivity index (χ0) is 25.8. The summed E-state index contributed by atoms with van der Waals surface area (Å²) in [5.41, 5.74) is 3.45. The third-order valence-corrected chi connectivity index (χ3v) is 6.72. The van der Waals surface area contributed by atoms with Crippen LogP contribution in [0.5, 0.6) is 0 Å². The van der Waals surface area contributed by atoms with Crippen molar-refractivity contribution in [1.29, 1.82) is 0 Å². The van der Waals surface area contributed by atoms with Crippen molar-refractivity contribution in [2.45, 2.75) is 29.9 Å². The third-order valence-electron chi connectivity index (χ3n) is 5.84. The Morgan fingerprint density at radius 2 is 1.86 bits per heavy atom. The minimum Gasteiger partial charge on any atom is -0.356 e. The van der Waals surface area contributed by atoms with Gasteiger partial charge in [-0.3, -0.25) is 9.89 Å². The normalized spacial score (nSPS) is 12.9. The number of H-pyrrole nitrogens is 1. The smallest absolute Gasteiger partial charge is 0.255 e. The number of rotatable bonds is 9. The molecule has 190 valence electrons. The van der Waals surface area contributed by atoms with E-state index in [1.165, 1.54) is 18.2 Å². The van der Waals surface area contributed by atoms with Crippen LogP contribution in [0.3, 0.4) is 0 Å². The summed E-state index contributed by atoms with van der Waals surface area (Å²) in [5.74, 6) is 2.19. The monoisotopic (exact) mass is 514 g/mol. The summed E-state index contributed by atoms with van der Waals surface area (Å²) in [5, 5.41) is 14.1. The highest BCUT2D eigenvalue weighted by molar-refractivity contribution is 7.99. The number of carbonyl (C=O) groups is 1. The van der Waals surface area contributed by atoms with Gasteiger partial charge in [0.15, 0.2) is 11.0 Å². The summed E-state index contributed by atoms with van der Waals surface area (Å²) in [6.07, 6.45) is 1.17. The molecule has 37 heavy (non-hydrogen) atoms. The number of anilines is 4. The Kier molecular flexibility index (Phi) is 7.38. The summed E-state index contributed by atoms with van der Waals surface area (Å²) < 4.78 is 0. The number of aromatic nitrogens is 4. The van der Waals surface area contributed by atoms with Gasteiger partial charge in [-0.2, -0.15) is 5.10 Å². The van der Waals surface area contributed by atoms with Crippen LogP contribution in [-0.2, 0) is 6.54 Å². The average Bonchev–Trinajstić information content (AvgIpc) is 3.23. The first kappa shape index (κ1) is 24.8. The van der Waals surface area contributed by atoms with Crippen molar-refractivity contribution < 1.29 is 4.79 Å². The van der Waals surface area contributed by atoms with Gasteiger partial charge in [-0.05, 0) is 81.2 Å².